The standard InChI is InChI=1S/C16H19N3O/c1-11-6-7-14(12(2)9-11)18-16(20)13-10-17-19-8-4-3-5-15(13)19/h6-7,9-10H,3-5,8H2,1-2H3,(H,18,20). The van der Waals surface area contributed by atoms with E-state index in [1.165, 1.54) is 5.56 Å². The van der Waals surface area contributed by atoms with Gasteiger partial charge in [-0.1, -0.05) is 17.7 Å². The maximum Gasteiger partial charge on any atom is 0.259 e. The number of carbonyl (C=O) groups excluding carboxylic acids is 1. The predicted octanol–water partition coefficient (Wildman–Crippen LogP) is 3.09. The fourth-order valence-electron chi connectivity index (χ4n) is 2.75. The van der Waals surface area contributed by atoms with E-state index in [1.54, 1.807) is 6.20 Å². The van der Waals surface area contributed by atoms with Crippen molar-refractivity contribution in [2.45, 2.75) is 39.7 Å². The highest BCUT2D eigenvalue weighted by Crippen LogP contribution is 2.21. The van der Waals surface area contributed by atoms with Crippen LogP contribution in [0, 0.1) is 13.8 Å². The van der Waals surface area contributed by atoms with Gasteiger partial charge in [-0.15, -0.1) is 0 Å². The first-order chi connectivity index (χ1) is 9.65. The van der Waals surface area contributed by atoms with E-state index in [0.717, 1.165) is 42.8 Å². The fraction of sp³-hybridized carbons (Fsp3) is 0.375. The van der Waals surface area contributed by atoms with Gasteiger partial charge in [0.25, 0.3) is 5.91 Å². The van der Waals surface area contributed by atoms with Crippen LogP contribution in [0.4, 0.5) is 5.69 Å². The third-order valence-corrected chi connectivity index (χ3v) is 3.86. The molecule has 1 N–H and O–H groups in total. The number of nitrogens with zero attached hydrogens (tertiary/aromatic N) is 2. The van der Waals surface area contributed by atoms with Crippen LogP contribution in [0.3, 0.4) is 0 Å². The average Bonchev–Trinajstić information content (AvgIpc) is 2.86. The van der Waals surface area contributed by atoms with Crippen molar-refractivity contribution < 1.29 is 4.79 Å². The maximum atomic E-state index is 12.4. The highest BCUT2D eigenvalue weighted by atomic mass is 16.1. The van der Waals surface area contributed by atoms with Crippen LogP contribution in [-0.4, -0.2) is 15.7 Å². The number of nitrogens with one attached hydrogen (secondary N) is 1. The molecule has 0 fully saturated rings. The van der Waals surface area contributed by atoms with E-state index in [2.05, 4.69) is 16.5 Å². The summed E-state index contributed by atoms with van der Waals surface area (Å²) in [6.45, 7) is 4.98. The smallest absolute Gasteiger partial charge is 0.259 e. The number of aromatic nitrogens is 2. The minimum atomic E-state index is -0.0555. The molecule has 0 unspecified atom stereocenters. The second-order valence-corrected chi connectivity index (χ2v) is 5.46. The summed E-state index contributed by atoms with van der Waals surface area (Å²) >= 11 is 0. The number of carbonyl (C=O) groups is 1. The van der Waals surface area contributed by atoms with Gasteiger partial charge >= 0.3 is 0 Å². The molecular weight excluding hydrogens is 250 g/mol. The molecule has 4 nitrogen and oxygen atoms in total. The summed E-state index contributed by atoms with van der Waals surface area (Å²) in [5, 5.41) is 7.31. The minimum Gasteiger partial charge on any atom is -0.322 e. The predicted molar refractivity (Wildman–Crippen MR) is 79.0 cm³/mol. The largest absolute Gasteiger partial charge is 0.322 e. The molecule has 0 saturated heterocycles. The zero-order chi connectivity index (χ0) is 14.1. The van der Waals surface area contributed by atoms with Crippen molar-refractivity contribution >= 4 is 11.6 Å². The third kappa shape index (κ3) is 2.33. The molecule has 1 aliphatic rings. The van der Waals surface area contributed by atoms with Crippen molar-refractivity contribution in [3.05, 3.63) is 46.8 Å². The Morgan fingerprint density at radius 2 is 2.15 bits per heavy atom. The number of hydrogen-bond donors (Lipinski definition) is 1. The SMILES string of the molecule is Cc1ccc(NC(=O)c2cnn3c2CCCC3)c(C)c1. The van der Waals surface area contributed by atoms with Gasteiger partial charge in [-0.25, -0.2) is 0 Å². The maximum absolute atomic E-state index is 12.4. The van der Waals surface area contributed by atoms with E-state index in [0.29, 0.717) is 5.56 Å². The number of rotatable bonds is 2. The first kappa shape index (κ1) is 12.9. The topological polar surface area (TPSA) is 46.9 Å². The number of amides is 1. The number of hydrogen-bond acceptors (Lipinski definition) is 2. The van der Waals surface area contributed by atoms with Gasteiger partial charge in [0.1, 0.15) is 0 Å². The van der Waals surface area contributed by atoms with Crippen molar-refractivity contribution in [1.82, 2.24) is 9.78 Å². The molecule has 3 rings (SSSR count). The summed E-state index contributed by atoms with van der Waals surface area (Å²) in [7, 11) is 0. The molecule has 0 bridgehead atoms. The van der Waals surface area contributed by atoms with E-state index in [9.17, 15) is 4.79 Å². The summed E-state index contributed by atoms with van der Waals surface area (Å²) in [5.41, 5.74) is 4.93. The second-order valence-electron chi connectivity index (χ2n) is 5.46. The zero-order valence-corrected chi connectivity index (χ0v) is 11.9. The molecule has 20 heavy (non-hydrogen) atoms. The number of aryl methyl sites for hydroxylation is 3. The van der Waals surface area contributed by atoms with Gasteiger partial charge < -0.3 is 5.32 Å². The average molecular weight is 269 g/mol. The number of fused-ring (bicyclic) bond motifs is 1. The Balaban J connectivity index is 1.84. The van der Waals surface area contributed by atoms with E-state index in [4.69, 9.17) is 0 Å². The Morgan fingerprint density at radius 1 is 1.30 bits per heavy atom. The van der Waals surface area contributed by atoms with Crippen LogP contribution >= 0.6 is 0 Å². The lowest BCUT2D eigenvalue weighted by molar-refractivity contribution is 0.102. The van der Waals surface area contributed by atoms with E-state index in [1.807, 2.05) is 30.7 Å². The Kier molecular flexibility index (Phi) is 3.30. The Hall–Kier alpha value is -2.10. The normalized spacial score (nSPS) is 13.9. The van der Waals surface area contributed by atoms with Crippen LogP contribution in [0.25, 0.3) is 0 Å². The zero-order valence-electron chi connectivity index (χ0n) is 11.9. The first-order valence-corrected chi connectivity index (χ1v) is 7.08. The van der Waals surface area contributed by atoms with Gasteiger partial charge in [0, 0.05) is 12.2 Å². The summed E-state index contributed by atoms with van der Waals surface area (Å²) in [4.78, 5) is 12.4. The van der Waals surface area contributed by atoms with Crippen molar-refractivity contribution in [3.63, 3.8) is 0 Å². The third-order valence-electron chi connectivity index (χ3n) is 3.86. The molecule has 2 heterocycles. The van der Waals surface area contributed by atoms with Crippen LogP contribution < -0.4 is 5.32 Å². The van der Waals surface area contributed by atoms with E-state index >= 15 is 0 Å². The van der Waals surface area contributed by atoms with Crippen LogP contribution in [0.15, 0.2) is 24.4 Å². The summed E-state index contributed by atoms with van der Waals surface area (Å²) in [6, 6.07) is 6.04. The molecule has 1 aromatic heterocycles. The van der Waals surface area contributed by atoms with Crippen molar-refractivity contribution in [3.8, 4) is 0 Å². The van der Waals surface area contributed by atoms with Gasteiger partial charge in [0.15, 0.2) is 0 Å². The van der Waals surface area contributed by atoms with Gasteiger partial charge in [-0.05, 0) is 44.7 Å². The summed E-state index contributed by atoms with van der Waals surface area (Å²) in [5.74, 6) is -0.0555. The molecule has 1 aliphatic heterocycles. The van der Waals surface area contributed by atoms with Crippen LogP contribution in [0.5, 0.6) is 0 Å². The molecular formula is C16H19N3O. The van der Waals surface area contributed by atoms with Gasteiger partial charge in [0.2, 0.25) is 0 Å². The highest BCUT2D eigenvalue weighted by Gasteiger charge is 2.20. The van der Waals surface area contributed by atoms with Crippen molar-refractivity contribution in [2.75, 3.05) is 5.32 Å². The molecule has 104 valence electrons. The van der Waals surface area contributed by atoms with E-state index in [-0.39, 0.29) is 5.91 Å². The van der Waals surface area contributed by atoms with E-state index < -0.39 is 0 Å². The van der Waals surface area contributed by atoms with Gasteiger partial charge in [-0.3, -0.25) is 9.48 Å². The van der Waals surface area contributed by atoms with Crippen LogP contribution in [0.1, 0.15) is 40.0 Å². The Bertz CT molecular complexity index is 658. The Labute approximate surface area is 118 Å². The monoisotopic (exact) mass is 269 g/mol. The molecule has 4 heteroatoms. The lowest BCUT2D eigenvalue weighted by Gasteiger charge is -2.15. The molecule has 0 radical (unpaired) electrons. The van der Waals surface area contributed by atoms with Gasteiger partial charge in [0.05, 0.1) is 17.5 Å². The molecule has 0 saturated carbocycles. The lowest BCUT2D eigenvalue weighted by Crippen LogP contribution is -2.17. The van der Waals surface area contributed by atoms with Crippen molar-refractivity contribution in [1.29, 1.82) is 0 Å². The second kappa shape index (κ2) is 5.12. The molecule has 1 amide bonds. The fourth-order valence-corrected chi connectivity index (χ4v) is 2.75. The van der Waals surface area contributed by atoms with Gasteiger partial charge in [-0.2, -0.15) is 5.10 Å². The molecule has 0 atom stereocenters. The lowest BCUT2D eigenvalue weighted by atomic mass is 10.1. The van der Waals surface area contributed by atoms with Crippen LogP contribution in [0.2, 0.25) is 0 Å². The first-order valence-electron chi connectivity index (χ1n) is 7.08. The Morgan fingerprint density at radius 3 is 2.95 bits per heavy atom. The quantitative estimate of drug-likeness (QED) is 0.910. The minimum absolute atomic E-state index is 0.0555. The molecule has 2 aromatic rings. The molecule has 1 aromatic carbocycles. The highest BCUT2D eigenvalue weighted by molar-refractivity contribution is 6.05. The number of benzene rings is 1. The molecule has 0 aliphatic carbocycles. The summed E-state index contributed by atoms with van der Waals surface area (Å²) in [6.07, 6.45) is 4.91. The van der Waals surface area contributed by atoms with Crippen LogP contribution in [-0.2, 0) is 13.0 Å². The molecule has 0 spiro atoms. The number of anilines is 1. The van der Waals surface area contributed by atoms with Crippen molar-refractivity contribution in [2.24, 2.45) is 0 Å². The summed E-state index contributed by atoms with van der Waals surface area (Å²) < 4.78 is 1.96.